The average molecular weight is 1250 g/mol. The fourth-order valence-electron chi connectivity index (χ4n) is 10.1. The van der Waals surface area contributed by atoms with Crippen LogP contribution in [0.15, 0.2) is 156 Å². The maximum Gasteiger partial charge on any atom is 0.267 e. The van der Waals surface area contributed by atoms with Crippen LogP contribution in [0.3, 0.4) is 0 Å². The van der Waals surface area contributed by atoms with Crippen molar-refractivity contribution < 1.29 is 0 Å². The van der Waals surface area contributed by atoms with E-state index >= 15 is 0 Å². The summed E-state index contributed by atoms with van der Waals surface area (Å²) in [5, 5.41) is 42.2. The van der Waals surface area contributed by atoms with E-state index in [1.807, 2.05) is 105 Å². The number of rotatable bonds is 19. The van der Waals surface area contributed by atoms with Gasteiger partial charge in [-0.05, 0) is 67.9 Å². The molecule has 6 heterocycles. The molecular formula is C62H65ClN18O2Sn. The van der Waals surface area contributed by atoms with E-state index in [0.717, 1.165) is 5.56 Å². The first-order valence-electron chi connectivity index (χ1n) is 27.8. The van der Waals surface area contributed by atoms with Crippen molar-refractivity contribution in [2.24, 2.45) is 0 Å². The van der Waals surface area contributed by atoms with Crippen LogP contribution in [0, 0.1) is 22.7 Å². The van der Waals surface area contributed by atoms with Crippen LogP contribution in [0.25, 0.3) is 44.3 Å². The van der Waals surface area contributed by atoms with E-state index in [1.54, 1.807) is 50.9 Å². The van der Waals surface area contributed by atoms with Gasteiger partial charge in [-0.15, -0.1) is 0 Å². The molecule has 0 radical (unpaired) electrons. The Kier molecular flexibility index (Phi) is 21.1. The fraction of sp³-hybridized carbons (Fsp3) is 0.258. The molecule has 0 spiro atoms. The Bertz CT molecular complexity index is 4030. The second kappa shape index (κ2) is 29.1. The molecule has 0 fully saturated rings. The predicted octanol–water partition coefficient (Wildman–Crippen LogP) is 11.2. The molecule has 84 heavy (non-hydrogen) atoms. The molecule has 0 saturated heterocycles. The van der Waals surface area contributed by atoms with Crippen LogP contribution in [0.5, 0.6) is 0 Å². The van der Waals surface area contributed by atoms with Crippen molar-refractivity contribution >= 4 is 78.9 Å². The zero-order valence-corrected chi connectivity index (χ0v) is 51.1. The summed E-state index contributed by atoms with van der Waals surface area (Å²) >= 11 is 4.11. The molecule has 0 bridgehead atoms. The van der Waals surface area contributed by atoms with E-state index in [4.69, 9.17) is 33.0 Å². The van der Waals surface area contributed by atoms with Gasteiger partial charge in [0.05, 0.1) is 75.1 Å². The van der Waals surface area contributed by atoms with Crippen LogP contribution in [0.4, 0.5) is 23.5 Å². The Morgan fingerprint density at radius 3 is 1.48 bits per heavy atom. The first kappa shape index (κ1) is 60.8. The molecule has 6 N–H and O–H groups in total. The number of nitriles is 2. The van der Waals surface area contributed by atoms with Crippen LogP contribution in [-0.4, -0.2) is 77.8 Å². The minimum Gasteiger partial charge on any atom is -0.368 e. The number of anilines is 4. The average Bonchev–Trinajstić information content (AvgIpc) is 1.27. The Labute approximate surface area is 496 Å². The first-order valence-corrected chi connectivity index (χ1v) is 35.7. The minimum atomic E-state index is -2.20. The van der Waals surface area contributed by atoms with Crippen molar-refractivity contribution in [2.45, 2.75) is 98.5 Å². The van der Waals surface area contributed by atoms with Gasteiger partial charge in [-0.1, -0.05) is 66.2 Å². The molecule has 6 aromatic heterocycles. The number of para-hydroxylation sites is 2. The molecule has 4 aromatic carbocycles. The molecule has 0 aliphatic carbocycles. The van der Waals surface area contributed by atoms with E-state index in [2.05, 4.69) is 84.0 Å². The smallest absolute Gasteiger partial charge is 0.267 e. The van der Waals surface area contributed by atoms with Crippen molar-refractivity contribution in [1.29, 1.82) is 10.5 Å². The van der Waals surface area contributed by atoms with Crippen LogP contribution >= 0.6 is 11.6 Å². The zero-order chi connectivity index (χ0) is 59.6. The van der Waals surface area contributed by atoms with Crippen LogP contribution in [0.1, 0.15) is 108 Å². The summed E-state index contributed by atoms with van der Waals surface area (Å²) in [5.41, 5.74) is 15.1. The molecule has 0 saturated carbocycles. The molecule has 0 aliphatic heterocycles. The van der Waals surface area contributed by atoms with E-state index in [-0.39, 0.29) is 45.8 Å². The maximum atomic E-state index is 14.0. The first-order chi connectivity index (χ1) is 40.8. The van der Waals surface area contributed by atoms with Gasteiger partial charge in [0, 0.05) is 5.56 Å². The Morgan fingerprint density at radius 2 is 1.02 bits per heavy atom. The standard InChI is InChI=1S/C25H19N9O.C21H16ClN7O.C4H3N2.3C4H9.Sn/c1-15(31-22-17(12-26)13-28-25(27)33-22)23-32-20-9-5-8-19(16-10-11-29-30-14-16)21(20)24(35)34(23)18-6-3-2-4-7-18;1-12(26-18-13(10-23)11-25-21(24)28-18)19-27-16-9-5-8-15(22)17(16)20(30)29(19)14-6-3-2-4-7-14;1-2-4-6-5-3-1;3*1-3-4-2;/h2-11,13-15H,1H3,(H3,27,28,31,33);2-9,11-12H,1H3,(H3,24,25,26,28);1,3-4H;3*1,3-4H2,2H3;/t15-;12-;;;;;/m00...../s1. The third kappa shape index (κ3) is 14.3. The number of fused-ring (bicyclic) bond motifs is 2. The van der Waals surface area contributed by atoms with Gasteiger partial charge in [-0.2, -0.15) is 30.7 Å². The molecule has 0 amide bonds. The number of benzene rings is 4. The second-order valence-corrected chi connectivity index (χ2v) is 33.7. The maximum absolute atomic E-state index is 14.0. The number of hydrogen-bond donors (Lipinski definition) is 4. The van der Waals surface area contributed by atoms with Gasteiger partial charge >= 0.3 is 123 Å². The van der Waals surface area contributed by atoms with Crippen molar-refractivity contribution in [2.75, 3.05) is 22.1 Å². The summed E-state index contributed by atoms with van der Waals surface area (Å²) in [7, 11) is 0. The van der Waals surface area contributed by atoms with Crippen molar-refractivity contribution in [3.05, 3.63) is 195 Å². The minimum absolute atomic E-state index is 0.0289. The van der Waals surface area contributed by atoms with Crippen LogP contribution < -0.4 is 36.8 Å². The van der Waals surface area contributed by atoms with Crippen molar-refractivity contribution in [3.63, 3.8) is 0 Å². The van der Waals surface area contributed by atoms with Gasteiger partial charge in [0.1, 0.15) is 46.5 Å². The summed E-state index contributed by atoms with van der Waals surface area (Å²) in [6.07, 6.45) is 18.1. The third-order valence-electron chi connectivity index (χ3n) is 14.3. The Hall–Kier alpha value is -9.25. The normalized spacial score (nSPS) is 11.7. The molecule has 10 aromatic rings. The largest absolute Gasteiger partial charge is 0.368 e. The monoisotopic (exact) mass is 1250 g/mol. The van der Waals surface area contributed by atoms with Crippen molar-refractivity contribution in [1.82, 2.24) is 59.4 Å². The number of unbranched alkanes of at least 4 members (excludes halogenated alkanes) is 3. The van der Waals surface area contributed by atoms with Crippen LogP contribution in [0.2, 0.25) is 18.3 Å². The van der Waals surface area contributed by atoms with Gasteiger partial charge in [0.25, 0.3) is 11.1 Å². The van der Waals surface area contributed by atoms with Gasteiger partial charge < -0.3 is 22.1 Å². The molecule has 0 unspecified atom stereocenters. The molecule has 20 nitrogen and oxygen atoms in total. The Morgan fingerprint density at radius 1 is 0.560 bits per heavy atom. The Balaban J connectivity index is 0.000000172. The van der Waals surface area contributed by atoms with E-state index in [1.165, 1.54) is 68.8 Å². The number of halogens is 1. The summed E-state index contributed by atoms with van der Waals surface area (Å²) < 4.78 is 9.22. The van der Waals surface area contributed by atoms with E-state index < -0.39 is 30.5 Å². The molecule has 2 atom stereocenters. The number of aromatic nitrogens is 12. The van der Waals surface area contributed by atoms with Gasteiger partial charge in [0.15, 0.2) is 0 Å². The van der Waals surface area contributed by atoms with E-state index in [0.29, 0.717) is 55.4 Å². The van der Waals surface area contributed by atoms with Crippen molar-refractivity contribution in [3.8, 4) is 34.6 Å². The number of hydrogen-bond acceptors (Lipinski definition) is 18. The zero-order valence-electron chi connectivity index (χ0n) is 47.5. The number of nitrogens with zero attached hydrogens (tertiary/aromatic N) is 14. The molecule has 10 rings (SSSR count). The van der Waals surface area contributed by atoms with Gasteiger partial charge in [-0.3, -0.25) is 18.7 Å². The third-order valence-corrected chi connectivity index (χ3v) is 30.2. The molecule has 426 valence electrons. The number of nitrogen functional groups attached to an aromatic ring is 2. The summed E-state index contributed by atoms with van der Waals surface area (Å²) in [6, 6.07) is 36.2. The van der Waals surface area contributed by atoms with Gasteiger partial charge in [-0.25, -0.2) is 19.9 Å². The molecule has 22 heteroatoms. The van der Waals surface area contributed by atoms with Gasteiger partial charge in [0.2, 0.25) is 11.9 Å². The van der Waals surface area contributed by atoms with Crippen LogP contribution in [-0.2, 0) is 0 Å². The quantitative estimate of drug-likeness (QED) is 0.0547. The predicted molar refractivity (Wildman–Crippen MR) is 334 cm³/mol. The number of nitrogens with one attached hydrogen (secondary N) is 2. The summed E-state index contributed by atoms with van der Waals surface area (Å²) in [4.78, 5) is 53.0. The second-order valence-electron chi connectivity index (χ2n) is 20.0. The summed E-state index contributed by atoms with van der Waals surface area (Å²) in [5.74, 6) is 1.46. The fourth-order valence-corrected chi connectivity index (χ4v) is 25.9. The molecular weight excluding hydrogens is 1180 g/mol. The SMILES string of the molecule is CCC[CH2][Sn]([CH2]CCC)([CH2]CCC)[c]1ccnnc1.C[C@H](Nc1nc(N)ncc1C#N)c1nc2cccc(-c3ccnnc3)c2c(=O)n1-c1ccccc1.C[C@H](Nc1nc(N)ncc1C#N)c1nc2cccc(Cl)c2c(=O)n1-c1ccccc1. The number of nitrogens with two attached hydrogens (primary N) is 2. The van der Waals surface area contributed by atoms with E-state index in [9.17, 15) is 20.1 Å². The molecule has 0 aliphatic rings. The summed E-state index contributed by atoms with van der Waals surface area (Å²) in [6.45, 7) is 10.6. The topological polar surface area (TPSA) is 297 Å².